The van der Waals surface area contributed by atoms with Crippen LogP contribution in [0.5, 0.6) is 0 Å². The van der Waals surface area contributed by atoms with Crippen molar-refractivity contribution in [1.82, 2.24) is 10.2 Å². The van der Waals surface area contributed by atoms with Gasteiger partial charge < -0.3 is 15.0 Å². The van der Waals surface area contributed by atoms with Crippen LogP contribution < -0.4 is 10.6 Å². The molecule has 7 heteroatoms. The molecule has 0 heterocycles. The molecule has 3 aromatic rings. The van der Waals surface area contributed by atoms with Gasteiger partial charge in [-0.1, -0.05) is 48.2 Å². The topological polar surface area (TPSA) is 94.5 Å². The van der Waals surface area contributed by atoms with Gasteiger partial charge in [0.1, 0.15) is 11.4 Å². The summed E-state index contributed by atoms with van der Waals surface area (Å²) in [5.74, 6) is 6.22. The number of rotatable bonds is 7. The zero-order valence-electron chi connectivity index (χ0n) is 23.2. The van der Waals surface area contributed by atoms with Gasteiger partial charge in [-0.3, -0.25) is 15.5 Å². The van der Waals surface area contributed by atoms with Crippen molar-refractivity contribution in [3.63, 3.8) is 0 Å². The fourth-order valence-electron chi connectivity index (χ4n) is 3.67. The molecule has 0 saturated carbocycles. The molecular formula is C32H36N4O3. The number of anilines is 1. The Labute approximate surface area is 231 Å². The van der Waals surface area contributed by atoms with E-state index in [0.717, 1.165) is 23.2 Å². The maximum atomic E-state index is 13.0. The molecule has 39 heavy (non-hydrogen) atoms. The first-order chi connectivity index (χ1) is 18.5. The summed E-state index contributed by atoms with van der Waals surface area (Å²) in [6.45, 7) is 8.32. The number of carbonyl (C=O) groups is 2. The lowest BCUT2D eigenvalue weighted by Gasteiger charge is -2.19. The lowest BCUT2D eigenvalue weighted by atomic mass is 10.0. The van der Waals surface area contributed by atoms with Crippen molar-refractivity contribution >= 4 is 23.5 Å². The number of ether oxygens (including phenoxy) is 1. The summed E-state index contributed by atoms with van der Waals surface area (Å²) >= 11 is 0. The number of carbonyl (C=O) groups excluding carboxylic acids is 2. The van der Waals surface area contributed by atoms with Crippen LogP contribution in [0.1, 0.15) is 53.4 Å². The van der Waals surface area contributed by atoms with Gasteiger partial charge in [0.2, 0.25) is 0 Å². The highest BCUT2D eigenvalue weighted by Gasteiger charge is 2.17. The third-order valence-corrected chi connectivity index (χ3v) is 5.81. The van der Waals surface area contributed by atoms with Crippen molar-refractivity contribution in [3.05, 3.63) is 101 Å². The van der Waals surface area contributed by atoms with Gasteiger partial charge in [0, 0.05) is 36.0 Å². The molecule has 3 N–H and O–H groups in total. The van der Waals surface area contributed by atoms with E-state index < -0.39 is 11.7 Å². The molecule has 0 aromatic heterocycles. The Bertz CT molecular complexity index is 1360. The summed E-state index contributed by atoms with van der Waals surface area (Å²) in [7, 11) is 1.82. The van der Waals surface area contributed by atoms with Crippen LogP contribution in [0, 0.1) is 24.2 Å². The molecule has 0 fully saturated rings. The predicted molar refractivity (Wildman–Crippen MR) is 156 cm³/mol. The lowest BCUT2D eigenvalue weighted by molar-refractivity contribution is 0.0562. The maximum absolute atomic E-state index is 13.0. The molecule has 3 rings (SSSR count). The smallest absolute Gasteiger partial charge is 0.413 e. The van der Waals surface area contributed by atoms with Gasteiger partial charge in [0.15, 0.2) is 0 Å². The number of alkyl carbamates (subject to hydrolysis) is 1. The summed E-state index contributed by atoms with van der Waals surface area (Å²) in [6.07, 6.45) is 0.139. The average molecular weight is 525 g/mol. The van der Waals surface area contributed by atoms with Crippen molar-refractivity contribution in [2.75, 3.05) is 25.5 Å². The van der Waals surface area contributed by atoms with Crippen LogP contribution in [0.25, 0.3) is 0 Å². The fraction of sp³-hybridized carbons (Fsp3) is 0.281. The first-order valence-corrected chi connectivity index (χ1v) is 12.8. The number of aryl methyl sites for hydroxylation is 1. The number of amides is 2. The molecule has 0 unspecified atom stereocenters. The van der Waals surface area contributed by atoms with E-state index in [-0.39, 0.29) is 11.7 Å². The van der Waals surface area contributed by atoms with E-state index in [2.05, 4.69) is 34.6 Å². The van der Waals surface area contributed by atoms with E-state index in [1.54, 1.807) is 37.8 Å². The standard InChI is InChI=1S/C32H36N4O3/c1-23-13-14-27(30(37)36(5)21-19-24-10-7-6-8-11-24)22-26(23)12-9-20-34-28-17-15-25(16-18-28)29(33)35-31(38)39-32(2,3)4/h6-8,10-11,13-18,22,34H,19-21H2,1-5H3,(H2,33,35,38). The molecule has 0 aliphatic heterocycles. The Morgan fingerprint density at radius 1 is 0.974 bits per heavy atom. The second kappa shape index (κ2) is 13.3. The zero-order chi connectivity index (χ0) is 28.4. The monoisotopic (exact) mass is 524 g/mol. The van der Waals surface area contributed by atoms with Gasteiger partial charge >= 0.3 is 6.09 Å². The van der Waals surface area contributed by atoms with Crippen LogP contribution >= 0.6 is 0 Å². The summed E-state index contributed by atoms with van der Waals surface area (Å²) in [4.78, 5) is 26.6. The number of benzene rings is 3. The van der Waals surface area contributed by atoms with E-state index in [1.165, 1.54) is 5.56 Å². The number of nitrogens with one attached hydrogen (secondary N) is 3. The van der Waals surface area contributed by atoms with Gasteiger partial charge in [-0.2, -0.15) is 0 Å². The van der Waals surface area contributed by atoms with E-state index in [0.29, 0.717) is 24.2 Å². The maximum Gasteiger partial charge on any atom is 0.413 e. The lowest BCUT2D eigenvalue weighted by Crippen LogP contribution is -2.36. The number of hydrogen-bond acceptors (Lipinski definition) is 5. The minimum atomic E-state index is -0.662. The normalized spacial score (nSPS) is 10.6. The Morgan fingerprint density at radius 2 is 1.64 bits per heavy atom. The second-order valence-corrected chi connectivity index (χ2v) is 10.2. The largest absolute Gasteiger partial charge is 0.444 e. The van der Waals surface area contributed by atoms with Gasteiger partial charge in [0.25, 0.3) is 5.91 Å². The van der Waals surface area contributed by atoms with Gasteiger partial charge in [-0.25, -0.2) is 4.79 Å². The molecule has 0 aliphatic rings. The first-order valence-electron chi connectivity index (χ1n) is 12.8. The Balaban J connectivity index is 1.54. The molecule has 2 amide bonds. The van der Waals surface area contributed by atoms with Gasteiger partial charge in [0.05, 0.1) is 6.54 Å². The van der Waals surface area contributed by atoms with E-state index >= 15 is 0 Å². The molecular weight excluding hydrogens is 488 g/mol. The van der Waals surface area contributed by atoms with Crippen molar-refractivity contribution in [1.29, 1.82) is 5.41 Å². The summed E-state index contributed by atoms with van der Waals surface area (Å²) < 4.78 is 5.18. The Hall–Kier alpha value is -4.57. The quantitative estimate of drug-likeness (QED) is 0.212. The highest BCUT2D eigenvalue weighted by molar-refractivity contribution is 6.04. The molecule has 0 aliphatic carbocycles. The van der Waals surface area contributed by atoms with Crippen molar-refractivity contribution in [3.8, 4) is 11.8 Å². The van der Waals surface area contributed by atoms with Gasteiger partial charge in [-0.05, 0) is 81.6 Å². The van der Waals surface area contributed by atoms with E-state index in [9.17, 15) is 9.59 Å². The highest BCUT2D eigenvalue weighted by Crippen LogP contribution is 2.14. The highest BCUT2D eigenvalue weighted by atomic mass is 16.6. The fourth-order valence-corrected chi connectivity index (χ4v) is 3.67. The molecule has 0 atom stereocenters. The summed E-state index contributed by atoms with van der Waals surface area (Å²) in [5.41, 5.74) is 4.40. The molecule has 0 bridgehead atoms. The molecule has 7 nitrogen and oxygen atoms in total. The minimum absolute atomic E-state index is 0.0288. The number of amidine groups is 1. The van der Waals surface area contributed by atoms with Crippen LogP contribution in [0.4, 0.5) is 10.5 Å². The van der Waals surface area contributed by atoms with Gasteiger partial charge in [-0.15, -0.1) is 0 Å². The Kier molecular flexibility index (Phi) is 9.88. The SMILES string of the molecule is Cc1ccc(C(=O)N(C)CCc2ccccc2)cc1C#CCNc1ccc(C(=N)NC(=O)OC(C)(C)C)cc1. The molecule has 0 spiro atoms. The van der Waals surface area contributed by atoms with Crippen molar-refractivity contribution in [2.45, 2.75) is 39.7 Å². The molecule has 0 saturated heterocycles. The molecule has 202 valence electrons. The summed E-state index contributed by atoms with van der Waals surface area (Å²) in [5, 5.41) is 13.7. The third-order valence-electron chi connectivity index (χ3n) is 5.81. The molecule has 0 radical (unpaired) electrons. The van der Waals surface area contributed by atoms with Crippen molar-refractivity contribution in [2.24, 2.45) is 0 Å². The minimum Gasteiger partial charge on any atom is -0.444 e. The van der Waals surface area contributed by atoms with Crippen LogP contribution in [-0.2, 0) is 11.2 Å². The second-order valence-electron chi connectivity index (χ2n) is 10.2. The predicted octanol–water partition coefficient (Wildman–Crippen LogP) is 5.62. The number of nitrogens with zero attached hydrogens (tertiary/aromatic N) is 1. The summed E-state index contributed by atoms with van der Waals surface area (Å²) in [6, 6.07) is 22.9. The van der Waals surface area contributed by atoms with Crippen LogP contribution in [-0.4, -0.2) is 48.5 Å². The number of hydrogen-bond donors (Lipinski definition) is 3. The average Bonchev–Trinajstić information content (AvgIpc) is 2.90. The van der Waals surface area contributed by atoms with Crippen molar-refractivity contribution < 1.29 is 14.3 Å². The van der Waals surface area contributed by atoms with Crippen LogP contribution in [0.2, 0.25) is 0 Å². The number of likely N-dealkylation sites (N-methyl/N-ethyl adjacent to an activating group) is 1. The Morgan fingerprint density at radius 3 is 2.31 bits per heavy atom. The van der Waals surface area contributed by atoms with E-state index in [1.807, 2.05) is 62.5 Å². The van der Waals surface area contributed by atoms with Crippen LogP contribution in [0.15, 0.2) is 72.8 Å². The zero-order valence-corrected chi connectivity index (χ0v) is 23.2. The molecule has 3 aromatic carbocycles. The first kappa shape index (κ1) is 29.0. The van der Waals surface area contributed by atoms with E-state index in [4.69, 9.17) is 10.1 Å². The van der Waals surface area contributed by atoms with Crippen LogP contribution in [0.3, 0.4) is 0 Å². The third kappa shape index (κ3) is 9.35.